The molecular weight excluding hydrogens is 324 g/mol. The Bertz CT molecular complexity index is 309. The van der Waals surface area contributed by atoms with Crippen LogP contribution in [0.2, 0.25) is 0 Å². The molecule has 3 heteroatoms. The highest BCUT2D eigenvalue weighted by Gasteiger charge is 2.33. The SMILES string of the molecule is Cc1cc(C(Br)C(C)C2CC2)sc1Br. The van der Waals surface area contributed by atoms with Crippen LogP contribution in [0, 0.1) is 18.8 Å². The molecule has 0 N–H and O–H groups in total. The van der Waals surface area contributed by atoms with Crippen LogP contribution >= 0.6 is 43.2 Å². The Morgan fingerprint density at radius 1 is 1.50 bits per heavy atom. The van der Waals surface area contributed by atoms with Gasteiger partial charge in [-0.25, -0.2) is 0 Å². The quantitative estimate of drug-likeness (QED) is 0.656. The minimum atomic E-state index is 0.546. The van der Waals surface area contributed by atoms with Gasteiger partial charge in [-0.2, -0.15) is 0 Å². The summed E-state index contributed by atoms with van der Waals surface area (Å²) in [4.78, 5) is 2.01. The Morgan fingerprint density at radius 3 is 2.57 bits per heavy atom. The van der Waals surface area contributed by atoms with Crippen molar-refractivity contribution in [3.05, 3.63) is 20.3 Å². The lowest BCUT2D eigenvalue weighted by Crippen LogP contribution is -2.03. The highest BCUT2D eigenvalue weighted by atomic mass is 79.9. The molecule has 2 unspecified atom stereocenters. The van der Waals surface area contributed by atoms with E-state index in [9.17, 15) is 0 Å². The van der Waals surface area contributed by atoms with Gasteiger partial charge in [0.05, 0.1) is 8.61 Å². The van der Waals surface area contributed by atoms with Crippen molar-refractivity contribution >= 4 is 43.2 Å². The largest absolute Gasteiger partial charge is 0.132 e. The van der Waals surface area contributed by atoms with Gasteiger partial charge in [0.1, 0.15) is 0 Å². The van der Waals surface area contributed by atoms with Crippen LogP contribution in [0.5, 0.6) is 0 Å². The molecule has 2 atom stereocenters. The monoisotopic (exact) mass is 336 g/mol. The Labute approximate surface area is 106 Å². The summed E-state index contributed by atoms with van der Waals surface area (Å²) >= 11 is 9.28. The van der Waals surface area contributed by atoms with E-state index in [1.54, 1.807) is 0 Å². The Morgan fingerprint density at radius 2 is 2.14 bits per heavy atom. The number of hydrogen-bond donors (Lipinski definition) is 0. The number of hydrogen-bond acceptors (Lipinski definition) is 1. The molecule has 1 heterocycles. The maximum Gasteiger partial charge on any atom is 0.0730 e. The third-order valence-corrected chi connectivity index (χ3v) is 6.83. The van der Waals surface area contributed by atoms with Crippen LogP contribution in [0.4, 0.5) is 0 Å². The van der Waals surface area contributed by atoms with Gasteiger partial charge in [0, 0.05) is 4.88 Å². The van der Waals surface area contributed by atoms with Crippen LogP contribution in [0.1, 0.15) is 35.0 Å². The lowest BCUT2D eigenvalue weighted by molar-refractivity contribution is 0.506. The average molecular weight is 338 g/mol. The van der Waals surface area contributed by atoms with E-state index in [2.05, 4.69) is 51.8 Å². The third kappa shape index (κ3) is 2.25. The highest BCUT2D eigenvalue weighted by molar-refractivity contribution is 9.11. The van der Waals surface area contributed by atoms with Gasteiger partial charge >= 0.3 is 0 Å². The standard InChI is InChI=1S/C11H14Br2S/c1-6-5-9(14-11(6)13)10(12)7(2)8-3-4-8/h5,7-8,10H,3-4H2,1-2H3. The van der Waals surface area contributed by atoms with E-state index in [4.69, 9.17) is 0 Å². The van der Waals surface area contributed by atoms with Crippen molar-refractivity contribution in [1.82, 2.24) is 0 Å². The number of rotatable bonds is 3. The van der Waals surface area contributed by atoms with Gasteiger partial charge in [-0.15, -0.1) is 11.3 Å². The predicted octanol–water partition coefficient (Wildman–Crippen LogP) is 5.30. The third-order valence-electron chi connectivity index (χ3n) is 2.98. The molecule has 0 aliphatic heterocycles. The van der Waals surface area contributed by atoms with E-state index in [0.717, 1.165) is 11.8 Å². The van der Waals surface area contributed by atoms with Crippen molar-refractivity contribution in [2.45, 2.75) is 31.5 Å². The van der Waals surface area contributed by atoms with Gasteiger partial charge in [0.2, 0.25) is 0 Å². The van der Waals surface area contributed by atoms with Gasteiger partial charge < -0.3 is 0 Å². The number of thiophene rings is 1. The van der Waals surface area contributed by atoms with Crippen molar-refractivity contribution in [2.75, 3.05) is 0 Å². The van der Waals surface area contributed by atoms with Crippen LogP contribution in [0.25, 0.3) is 0 Å². The fourth-order valence-electron chi connectivity index (χ4n) is 1.74. The second-order valence-electron chi connectivity index (χ2n) is 4.20. The molecule has 0 aromatic carbocycles. The Balaban J connectivity index is 2.13. The van der Waals surface area contributed by atoms with Gasteiger partial charge in [-0.3, -0.25) is 0 Å². The smallest absolute Gasteiger partial charge is 0.0730 e. The minimum absolute atomic E-state index is 0.546. The Hall–Kier alpha value is 0.660. The number of aryl methyl sites for hydroxylation is 1. The van der Waals surface area contributed by atoms with Gasteiger partial charge in [0.15, 0.2) is 0 Å². The molecule has 0 nitrogen and oxygen atoms in total. The van der Waals surface area contributed by atoms with Crippen LogP contribution in [0.3, 0.4) is 0 Å². The zero-order valence-electron chi connectivity index (χ0n) is 8.39. The summed E-state index contributed by atoms with van der Waals surface area (Å²) in [6.45, 7) is 4.52. The molecule has 0 saturated heterocycles. The summed E-state index contributed by atoms with van der Waals surface area (Å²) in [6.07, 6.45) is 2.85. The van der Waals surface area contributed by atoms with Crippen molar-refractivity contribution in [2.24, 2.45) is 11.8 Å². The first-order valence-electron chi connectivity index (χ1n) is 4.99. The van der Waals surface area contributed by atoms with E-state index in [-0.39, 0.29) is 0 Å². The molecule has 1 saturated carbocycles. The lowest BCUT2D eigenvalue weighted by atomic mass is 10.0. The molecule has 0 spiro atoms. The molecule has 14 heavy (non-hydrogen) atoms. The van der Waals surface area contributed by atoms with Crippen LogP contribution in [-0.2, 0) is 0 Å². The fraction of sp³-hybridized carbons (Fsp3) is 0.636. The molecule has 1 aliphatic rings. The van der Waals surface area contributed by atoms with E-state index in [1.807, 2.05) is 11.3 Å². The zero-order valence-corrected chi connectivity index (χ0v) is 12.4. The minimum Gasteiger partial charge on any atom is -0.132 e. The second-order valence-corrected chi connectivity index (χ2v) is 7.59. The van der Waals surface area contributed by atoms with E-state index >= 15 is 0 Å². The summed E-state index contributed by atoms with van der Waals surface area (Å²) in [5.41, 5.74) is 1.36. The number of halogens is 2. The summed E-state index contributed by atoms with van der Waals surface area (Å²) in [5, 5.41) is 0. The van der Waals surface area contributed by atoms with E-state index < -0.39 is 0 Å². The molecule has 0 amide bonds. The fourth-order valence-corrected chi connectivity index (χ4v) is 4.25. The van der Waals surface area contributed by atoms with Gasteiger partial charge in [-0.1, -0.05) is 22.9 Å². The van der Waals surface area contributed by atoms with Crippen molar-refractivity contribution < 1.29 is 0 Å². The predicted molar refractivity (Wildman–Crippen MR) is 70.3 cm³/mol. The molecule has 0 bridgehead atoms. The number of alkyl halides is 1. The average Bonchev–Trinajstić information content (AvgIpc) is 2.93. The lowest BCUT2D eigenvalue weighted by Gasteiger charge is -2.15. The summed E-state index contributed by atoms with van der Waals surface area (Å²) in [6, 6.07) is 2.30. The van der Waals surface area contributed by atoms with Crippen LogP contribution in [0.15, 0.2) is 9.85 Å². The summed E-state index contributed by atoms with van der Waals surface area (Å²) in [5.74, 6) is 1.74. The van der Waals surface area contributed by atoms with E-state index in [1.165, 1.54) is 27.1 Å². The molecule has 2 rings (SSSR count). The normalized spacial score (nSPS) is 20.9. The molecule has 1 fully saturated rings. The van der Waals surface area contributed by atoms with Crippen molar-refractivity contribution in [3.8, 4) is 0 Å². The first-order chi connectivity index (χ1) is 6.59. The van der Waals surface area contributed by atoms with Crippen molar-refractivity contribution in [1.29, 1.82) is 0 Å². The topological polar surface area (TPSA) is 0 Å². The first kappa shape index (κ1) is 11.2. The van der Waals surface area contributed by atoms with Crippen LogP contribution < -0.4 is 0 Å². The molecule has 1 aromatic rings. The maximum atomic E-state index is 3.83. The van der Waals surface area contributed by atoms with Gasteiger partial charge in [-0.05, 0) is 59.2 Å². The van der Waals surface area contributed by atoms with E-state index in [0.29, 0.717) is 4.83 Å². The maximum absolute atomic E-state index is 3.83. The van der Waals surface area contributed by atoms with Crippen molar-refractivity contribution in [3.63, 3.8) is 0 Å². The molecule has 78 valence electrons. The highest BCUT2D eigenvalue weighted by Crippen LogP contribution is 2.48. The summed E-state index contributed by atoms with van der Waals surface area (Å²) < 4.78 is 1.28. The molecule has 1 aliphatic carbocycles. The second kappa shape index (κ2) is 4.26. The first-order valence-corrected chi connectivity index (χ1v) is 7.52. The summed E-state index contributed by atoms with van der Waals surface area (Å²) in [7, 11) is 0. The zero-order chi connectivity index (χ0) is 10.3. The Kier molecular flexibility index (Phi) is 3.40. The molecular formula is C11H14Br2S. The molecule has 1 aromatic heterocycles. The van der Waals surface area contributed by atoms with Gasteiger partial charge in [0.25, 0.3) is 0 Å². The molecule has 0 radical (unpaired) electrons. The van der Waals surface area contributed by atoms with Crippen LogP contribution in [-0.4, -0.2) is 0 Å².